The van der Waals surface area contributed by atoms with E-state index in [9.17, 15) is 9.59 Å². The van der Waals surface area contributed by atoms with Crippen LogP contribution in [-0.4, -0.2) is 64.2 Å². The fourth-order valence-electron chi connectivity index (χ4n) is 3.30. The number of carbonyl (C=O) groups is 2. The number of hydrogen-bond donors (Lipinski definition) is 1. The lowest BCUT2D eigenvalue weighted by Gasteiger charge is -2.34. The Hall–Kier alpha value is -2.54. The van der Waals surface area contributed by atoms with Crippen molar-refractivity contribution in [2.75, 3.05) is 32.7 Å². The Balaban J connectivity index is 1.70. The highest BCUT2D eigenvalue weighted by Crippen LogP contribution is 2.23. The lowest BCUT2D eigenvalue weighted by Crippen LogP contribution is -2.53. The third-order valence-corrected chi connectivity index (χ3v) is 5.30. The van der Waals surface area contributed by atoms with Crippen molar-refractivity contribution in [3.63, 3.8) is 0 Å². The van der Waals surface area contributed by atoms with Crippen molar-refractivity contribution in [2.45, 2.75) is 27.3 Å². The summed E-state index contributed by atoms with van der Waals surface area (Å²) in [7, 11) is 0. The summed E-state index contributed by atoms with van der Waals surface area (Å²) in [5.74, 6) is -0.131. The number of rotatable bonds is 4. The normalized spacial score (nSPS) is 14.3. The average Bonchev–Trinajstić information content (AvgIpc) is 2.96. The van der Waals surface area contributed by atoms with Gasteiger partial charge in [-0.15, -0.1) is 0 Å². The third kappa shape index (κ3) is 4.30. The summed E-state index contributed by atoms with van der Waals surface area (Å²) in [6.07, 6.45) is 0. The van der Waals surface area contributed by atoms with Gasteiger partial charge in [-0.25, -0.2) is 9.48 Å². The second-order valence-corrected chi connectivity index (χ2v) is 7.37. The van der Waals surface area contributed by atoms with Crippen molar-refractivity contribution in [3.8, 4) is 0 Å². The molecule has 0 unspecified atom stereocenters. The monoisotopic (exact) mass is 403 g/mol. The van der Waals surface area contributed by atoms with Crippen LogP contribution in [0.2, 0.25) is 5.15 Å². The predicted octanol–water partition coefficient (Wildman–Crippen LogP) is 2.69. The van der Waals surface area contributed by atoms with Gasteiger partial charge in [-0.05, 0) is 26.3 Å². The second-order valence-electron chi connectivity index (χ2n) is 7.01. The smallest absolute Gasteiger partial charge is 0.317 e. The summed E-state index contributed by atoms with van der Waals surface area (Å²) in [5.41, 5.74) is 3.33. The molecular weight excluding hydrogens is 378 g/mol. The lowest BCUT2D eigenvalue weighted by molar-refractivity contribution is 0.0664. The van der Waals surface area contributed by atoms with E-state index < -0.39 is 0 Å². The number of urea groups is 1. The van der Waals surface area contributed by atoms with Crippen molar-refractivity contribution < 1.29 is 9.59 Å². The number of benzene rings is 1. The standard InChI is InChI=1S/C20H26ClN5O2/c1-4-22-20(28)25-11-9-24(10-12-25)19(27)17-15(3)23-26(18(17)21)13-16-7-5-14(2)6-8-16/h5-8H,4,9-13H2,1-3H3,(H,22,28). The Morgan fingerprint density at radius 2 is 1.68 bits per heavy atom. The highest BCUT2D eigenvalue weighted by atomic mass is 35.5. The molecule has 1 aromatic heterocycles. The highest BCUT2D eigenvalue weighted by Gasteiger charge is 2.29. The fourth-order valence-corrected chi connectivity index (χ4v) is 3.62. The molecule has 0 bridgehead atoms. The minimum Gasteiger partial charge on any atom is -0.338 e. The van der Waals surface area contributed by atoms with Crippen LogP contribution in [0.15, 0.2) is 24.3 Å². The Morgan fingerprint density at radius 1 is 1.07 bits per heavy atom. The zero-order valence-electron chi connectivity index (χ0n) is 16.5. The van der Waals surface area contributed by atoms with Gasteiger partial charge in [0.25, 0.3) is 5.91 Å². The number of piperazine rings is 1. The van der Waals surface area contributed by atoms with E-state index in [1.54, 1.807) is 21.4 Å². The van der Waals surface area contributed by atoms with Crippen molar-refractivity contribution in [1.82, 2.24) is 24.9 Å². The molecule has 0 radical (unpaired) electrons. The first-order valence-corrected chi connectivity index (χ1v) is 9.89. The van der Waals surface area contributed by atoms with Gasteiger partial charge in [-0.3, -0.25) is 4.79 Å². The van der Waals surface area contributed by atoms with Crippen LogP contribution in [0.1, 0.15) is 34.1 Å². The van der Waals surface area contributed by atoms with E-state index in [2.05, 4.69) is 10.4 Å². The van der Waals surface area contributed by atoms with E-state index >= 15 is 0 Å². The van der Waals surface area contributed by atoms with E-state index in [4.69, 9.17) is 11.6 Å². The molecule has 2 heterocycles. The number of halogens is 1. The number of aryl methyl sites for hydroxylation is 2. The van der Waals surface area contributed by atoms with E-state index in [1.807, 2.05) is 38.1 Å². The minimum absolute atomic E-state index is 0.0882. The van der Waals surface area contributed by atoms with Crippen LogP contribution in [0.25, 0.3) is 0 Å². The molecule has 1 saturated heterocycles. The molecule has 7 nitrogen and oxygen atoms in total. The maximum Gasteiger partial charge on any atom is 0.317 e. The third-order valence-electron chi connectivity index (χ3n) is 4.91. The second kappa shape index (κ2) is 8.65. The summed E-state index contributed by atoms with van der Waals surface area (Å²) in [4.78, 5) is 28.4. The molecule has 1 fully saturated rings. The van der Waals surface area contributed by atoms with Crippen LogP contribution in [0, 0.1) is 13.8 Å². The van der Waals surface area contributed by atoms with Gasteiger partial charge in [0.2, 0.25) is 0 Å². The van der Waals surface area contributed by atoms with Gasteiger partial charge in [-0.2, -0.15) is 5.10 Å². The average molecular weight is 404 g/mol. The zero-order valence-corrected chi connectivity index (χ0v) is 17.3. The lowest BCUT2D eigenvalue weighted by atomic mass is 10.1. The molecule has 0 spiro atoms. The maximum absolute atomic E-state index is 13.0. The summed E-state index contributed by atoms with van der Waals surface area (Å²) < 4.78 is 1.67. The molecule has 3 rings (SSSR count). The first-order chi connectivity index (χ1) is 13.4. The summed E-state index contributed by atoms with van der Waals surface area (Å²) in [6, 6.07) is 8.06. The summed E-state index contributed by atoms with van der Waals surface area (Å²) in [5, 5.41) is 7.62. The molecule has 0 atom stereocenters. The molecule has 0 saturated carbocycles. The predicted molar refractivity (Wildman–Crippen MR) is 109 cm³/mol. The Kier molecular flexibility index (Phi) is 6.24. The first kappa shape index (κ1) is 20.2. The Bertz CT molecular complexity index is 854. The van der Waals surface area contributed by atoms with Crippen LogP contribution in [-0.2, 0) is 6.54 Å². The Morgan fingerprint density at radius 3 is 2.29 bits per heavy atom. The largest absolute Gasteiger partial charge is 0.338 e. The molecule has 0 aliphatic carbocycles. The molecule has 8 heteroatoms. The molecule has 1 N–H and O–H groups in total. The quantitative estimate of drug-likeness (QED) is 0.853. The highest BCUT2D eigenvalue weighted by molar-refractivity contribution is 6.33. The van der Waals surface area contributed by atoms with Crippen molar-refractivity contribution in [2.24, 2.45) is 0 Å². The molecular formula is C20H26ClN5O2. The topological polar surface area (TPSA) is 70.5 Å². The molecule has 1 aromatic carbocycles. The van der Waals surface area contributed by atoms with Gasteiger partial charge in [0.1, 0.15) is 5.15 Å². The summed E-state index contributed by atoms with van der Waals surface area (Å²) in [6.45, 7) is 8.80. The van der Waals surface area contributed by atoms with Crippen molar-refractivity contribution in [3.05, 3.63) is 51.8 Å². The minimum atomic E-state index is -0.131. The number of carbonyl (C=O) groups excluding carboxylic acids is 2. The zero-order chi connectivity index (χ0) is 20.3. The van der Waals surface area contributed by atoms with Gasteiger partial charge in [0.05, 0.1) is 17.8 Å². The molecule has 1 aliphatic heterocycles. The number of amides is 3. The number of hydrogen-bond acceptors (Lipinski definition) is 3. The van der Waals surface area contributed by atoms with Crippen LogP contribution in [0.4, 0.5) is 4.79 Å². The van der Waals surface area contributed by atoms with Crippen LogP contribution in [0.3, 0.4) is 0 Å². The molecule has 150 valence electrons. The summed E-state index contributed by atoms with van der Waals surface area (Å²) >= 11 is 6.52. The van der Waals surface area contributed by atoms with Gasteiger partial charge >= 0.3 is 6.03 Å². The van der Waals surface area contributed by atoms with Crippen LogP contribution < -0.4 is 5.32 Å². The van der Waals surface area contributed by atoms with Gasteiger partial charge in [-0.1, -0.05) is 41.4 Å². The number of nitrogens with zero attached hydrogens (tertiary/aromatic N) is 4. The van der Waals surface area contributed by atoms with Gasteiger partial charge in [0.15, 0.2) is 0 Å². The molecule has 3 amide bonds. The van der Waals surface area contributed by atoms with Crippen molar-refractivity contribution >= 4 is 23.5 Å². The van der Waals surface area contributed by atoms with Crippen molar-refractivity contribution in [1.29, 1.82) is 0 Å². The van der Waals surface area contributed by atoms with Crippen LogP contribution >= 0.6 is 11.6 Å². The Labute approximate surface area is 170 Å². The van der Waals surface area contributed by atoms with Gasteiger partial charge < -0.3 is 15.1 Å². The van der Waals surface area contributed by atoms with E-state index in [0.717, 1.165) is 5.56 Å². The molecule has 1 aliphatic rings. The maximum atomic E-state index is 13.0. The SMILES string of the molecule is CCNC(=O)N1CCN(C(=O)c2c(C)nn(Cc3ccc(C)cc3)c2Cl)CC1. The molecule has 2 aromatic rings. The van der Waals surface area contributed by atoms with E-state index in [1.165, 1.54) is 5.56 Å². The number of nitrogens with one attached hydrogen (secondary N) is 1. The van der Waals surface area contributed by atoms with Gasteiger partial charge in [0, 0.05) is 32.7 Å². The first-order valence-electron chi connectivity index (χ1n) is 9.51. The van der Waals surface area contributed by atoms with Crippen LogP contribution in [0.5, 0.6) is 0 Å². The van der Waals surface area contributed by atoms with E-state index in [-0.39, 0.29) is 11.9 Å². The number of aromatic nitrogens is 2. The van der Waals surface area contributed by atoms with E-state index in [0.29, 0.717) is 55.7 Å². The molecule has 28 heavy (non-hydrogen) atoms. The fraction of sp³-hybridized carbons (Fsp3) is 0.450.